The van der Waals surface area contributed by atoms with Gasteiger partial charge in [-0.25, -0.2) is 4.39 Å². The van der Waals surface area contributed by atoms with Crippen LogP contribution in [0.3, 0.4) is 0 Å². The average Bonchev–Trinajstić information content (AvgIpc) is 2.34. The van der Waals surface area contributed by atoms with E-state index in [9.17, 15) is 4.39 Å². The molecule has 0 amide bonds. The molecule has 17 heavy (non-hydrogen) atoms. The van der Waals surface area contributed by atoms with E-state index in [0.29, 0.717) is 11.7 Å². The second kappa shape index (κ2) is 6.43. The van der Waals surface area contributed by atoms with Crippen LogP contribution in [0.15, 0.2) is 24.8 Å². The molecular formula is C15H21FO. The quantitative estimate of drug-likeness (QED) is 0.697. The molecule has 0 aliphatic heterocycles. The van der Waals surface area contributed by atoms with Crippen LogP contribution >= 0.6 is 0 Å². The number of hydrogen-bond donors (Lipinski definition) is 0. The van der Waals surface area contributed by atoms with Crippen molar-refractivity contribution >= 4 is 5.57 Å². The van der Waals surface area contributed by atoms with Crippen molar-refractivity contribution in [2.75, 3.05) is 7.11 Å². The molecule has 1 nitrogen and oxygen atoms in total. The zero-order valence-corrected chi connectivity index (χ0v) is 10.9. The van der Waals surface area contributed by atoms with Crippen LogP contribution < -0.4 is 4.74 Å². The molecule has 0 saturated heterocycles. The minimum absolute atomic E-state index is 0.276. The van der Waals surface area contributed by atoms with Crippen LogP contribution in [0, 0.1) is 11.7 Å². The first kappa shape index (κ1) is 13.8. The Hall–Kier alpha value is -1.31. The van der Waals surface area contributed by atoms with E-state index in [0.717, 1.165) is 30.4 Å². The zero-order chi connectivity index (χ0) is 12.8. The maximum Gasteiger partial charge on any atom is 0.129 e. The first-order valence-corrected chi connectivity index (χ1v) is 6.16. The van der Waals surface area contributed by atoms with Crippen LogP contribution in [0.5, 0.6) is 5.75 Å². The number of hydrogen-bond acceptors (Lipinski definition) is 1. The summed E-state index contributed by atoms with van der Waals surface area (Å²) in [5.74, 6) is 0.742. The Kier molecular flexibility index (Phi) is 5.20. The van der Waals surface area contributed by atoms with E-state index in [1.807, 2.05) is 0 Å². The summed E-state index contributed by atoms with van der Waals surface area (Å²) in [6, 6.07) is 4.63. The third kappa shape index (κ3) is 3.32. The number of benzene rings is 1. The number of methoxy groups -OCH3 is 1. The molecule has 0 aliphatic carbocycles. The van der Waals surface area contributed by atoms with Gasteiger partial charge < -0.3 is 4.74 Å². The fourth-order valence-electron chi connectivity index (χ4n) is 2.12. The number of halogens is 1. The fourth-order valence-corrected chi connectivity index (χ4v) is 2.12. The second-order valence-electron chi connectivity index (χ2n) is 4.26. The van der Waals surface area contributed by atoms with E-state index < -0.39 is 0 Å². The van der Waals surface area contributed by atoms with E-state index in [4.69, 9.17) is 4.74 Å². The van der Waals surface area contributed by atoms with E-state index in [1.165, 1.54) is 12.1 Å². The van der Waals surface area contributed by atoms with Gasteiger partial charge in [0.05, 0.1) is 7.11 Å². The van der Waals surface area contributed by atoms with Crippen LogP contribution in [0.4, 0.5) is 4.39 Å². The van der Waals surface area contributed by atoms with Gasteiger partial charge in [-0.3, -0.25) is 0 Å². The third-order valence-electron chi connectivity index (χ3n) is 3.13. The molecule has 1 aromatic rings. The normalized spacial score (nSPS) is 12.2. The molecule has 0 N–H and O–H groups in total. The summed E-state index contributed by atoms with van der Waals surface area (Å²) in [6.45, 7) is 8.47. The van der Waals surface area contributed by atoms with Gasteiger partial charge in [0.1, 0.15) is 11.6 Å². The number of ether oxygens (including phenoxy) is 1. The molecule has 1 rings (SSSR count). The Balaban J connectivity index is 3.02. The van der Waals surface area contributed by atoms with Crippen LogP contribution in [-0.4, -0.2) is 7.11 Å². The monoisotopic (exact) mass is 236 g/mol. The molecule has 0 aliphatic rings. The molecule has 0 bridgehead atoms. The van der Waals surface area contributed by atoms with Gasteiger partial charge in [-0.1, -0.05) is 26.8 Å². The minimum atomic E-state index is -0.276. The molecule has 0 saturated carbocycles. The lowest BCUT2D eigenvalue weighted by molar-refractivity contribution is 0.409. The van der Waals surface area contributed by atoms with Gasteiger partial charge in [-0.15, -0.1) is 0 Å². The molecule has 1 aromatic carbocycles. The van der Waals surface area contributed by atoms with Crippen molar-refractivity contribution in [3.05, 3.63) is 36.2 Å². The van der Waals surface area contributed by atoms with Crippen LogP contribution in [0.2, 0.25) is 0 Å². The SMILES string of the molecule is C=C(c1ccc(F)cc1OC)C(CC)CCC. The molecular weight excluding hydrogens is 215 g/mol. The van der Waals surface area contributed by atoms with Crippen molar-refractivity contribution < 1.29 is 9.13 Å². The predicted octanol–water partition coefficient (Wildman–Crippen LogP) is 4.67. The summed E-state index contributed by atoms with van der Waals surface area (Å²) in [5, 5.41) is 0. The molecule has 1 atom stereocenters. The highest BCUT2D eigenvalue weighted by atomic mass is 19.1. The molecule has 0 aromatic heterocycles. The third-order valence-corrected chi connectivity index (χ3v) is 3.13. The first-order valence-electron chi connectivity index (χ1n) is 6.16. The first-order chi connectivity index (χ1) is 8.13. The summed E-state index contributed by atoms with van der Waals surface area (Å²) in [7, 11) is 1.56. The molecule has 1 unspecified atom stereocenters. The van der Waals surface area contributed by atoms with Gasteiger partial charge in [0, 0.05) is 11.6 Å². The van der Waals surface area contributed by atoms with Crippen molar-refractivity contribution in [3.8, 4) is 5.75 Å². The van der Waals surface area contributed by atoms with Crippen molar-refractivity contribution in [2.24, 2.45) is 5.92 Å². The van der Waals surface area contributed by atoms with Gasteiger partial charge in [-0.2, -0.15) is 0 Å². The number of allylic oxidation sites excluding steroid dienone is 1. The van der Waals surface area contributed by atoms with E-state index >= 15 is 0 Å². The van der Waals surface area contributed by atoms with Crippen LogP contribution in [0.25, 0.3) is 5.57 Å². The number of rotatable bonds is 6. The molecule has 0 heterocycles. The van der Waals surface area contributed by atoms with Gasteiger partial charge in [-0.05, 0) is 36.5 Å². The maximum atomic E-state index is 13.1. The lowest BCUT2D eigenvalue weighted by Gasteiger charge is -2.19. The summed E-state index contributed by atoms with van der Waals surface area (Å²) in [4.78, 5) is 0. The van der Waals surface area contributed by atoms with Crippen molar-refractivity contribution in [2.45, 2.75) is 33.1 Å². The van der Waals surface area contributed by atoms with E-state index in [-0.39, 0.29) is 5.82 Å². The molecule has 94 valence electrons. The topological polar surface area (TPSA) is 9.23 Å². The van der Waals surface area contributed by atoms with Gasteiger partial charge in [0.15, 0.2) is 0 Å². The standard InChI is InChI=1S/C15H21FO/c1-5-7-12(6-2)11(3)14-9-8-13(16)10-15(14)17-4/h8-10,12H,3,5-7H2,1-2,4H3. The minimum Gasteiger partial charge on any atom is -0.496 e. The van der Waals surface area contributed by atoms with Crippen LogP contribution in [0.1, 0.15) is 38.7 Å². The maximum absolute atomic E-state index is 13.1. The van der Waals surface area contributed by atoms with Gasteiger partial charge in [0.2, 0.25) is 0 Å². The van der Waals surface area contributed by atoms with E-state index in [2.05, 4.69) is 20.4 Å². The van der Waals surface area contributed by atoms with Gasteiger partial charge in [0.25, 0.3) is 0 Å². The molecule has 0 spiro atoms. The molecule has 0 radical (unpaired) electrons. The van der Waals surface area contributed by atoms with Gasteiger partial charge >= 0.3 is 0 Å². The highest BCUT2D eigenvalue weighted by Gasteiger charge is 2.15. The van der Waals surface area contributed by atoms with Crippen molar-refractivity contribution in [1.82, 2.24) is 0 Å². The Labute approximate surface area is 103 Å². The highest BCUT2D eigenvalue weighted by Crippen LogP contribution is 2.34. The smallest absolute Gasteiger partial charge is 0.129 e. The zero-order valence-electron chi connectivity index (χ0n) is 10.9. The Morgan fingerprint density at radius 1 is 1.41 bits per heavy atom. The summed E-state index contributed by atoms with van der Waals surface area (Å²) in [5.41, 5.74) is 1.97. The average molecular weight is 236 g/mol. The Bertz CT molecular complexity index is 385. The van der Waals surface area contributed by atoms with Crippen molar-refractivity contribution in [3.63, 3.8) is 0 Å². The van der Waals surface area contributed by atoms with E-state index in [1.54, 1.807) is 13.2 Å². The highest BCUT2D eigenvalue weighted by molar-refractivity contribution is 5.70. The largest absolute Gasteiger partial charge is 0.496 e. The Morgan fingerprint density at radius 3 is 2.65 bits per heavy atom. The lowest BCUT2D eigenvalue weighted by Crippen LogP contribution is -2.03. The second-order valence-corrected chi connectivity index (χ2v) is 4.26. The fraction of sp³-hybridized carbons (Fsp3) is 0.467. The molecule has 0 fully saturated rings. The Morgan fingerprint density at radius 2 is 2.12 bits per heavy atom. The lowest BCUT2D eigenvalue weighted by atomic mass is 9.88. The van der Waals surface area contributed by atoms with Crippen molar-refractivity contribution in [1.29, 1.82) is 0 Å². The summed E-state index contributed by atoms with van der Waals surface area (Å²) >= 11 is 0. The summed E-state index contributed by atoms with van der Waals surface area (Å²) in [6.07, 6.45) is 3.28. The molecule has 2 heteroatoms. The summed E-state index contributed by atoms with van der Waals surface area (Å²) < 4.78 is 18.3. The predicted molar refractivity (Wildman–Crippen MR) is 70.7 cm³/mol. The van der Waals surface area contributed by atoms with Crippen LogP contribution in [-0.2, 0) is 0 Å².